The van der Waals surface area contributed by atoms with Gasteiger partial charge in [-0.3, -0.25) is 14.4 Å². The fourth-order valence-corrected chi connectivity index (χ4v) is 3.52. The van der Waals surface area contributed by atoms with Crippen molar-refractivity contribution in [3.8, 4) is 0 Å². The summed E-state index contributed by atoms with van der Waals surface area (Å²) in [5.41, 5.74) is 0. The molecule has 3 nitrogen and oxygen atoms in total. The molecule has 2 rings (SSSR count). The van der Waals surface area contributed by atoms with Gasteiger partial charge < -0.3 is 0 Å². The van der Waals surface area contributed by atoms with Gasteiger partial charge in [-0.15, -0.1) is 11.3 Å². The Morgan fingerprint density at radius 3 is 2.35 bits per heavy atom. The first-order valence-electron chi connectivity index (χ1n) is 5.29. The van der Waals surface area contributed by atoms with Crippen molar-refractivity contribution >= 4 is 40.3 Å². The zero-order valence-corrected chi connectivity index (χ0v) is 10.8. The van der Waals surface area contributed by atoms with Crippen LogP contribution >= 0.6 is 22.9 Å². The Morgan fingerprint density at radius 2 is 1.94 bits per heavy atom. The number of thiophene rings is 1. The van der Waals surface area contributed by atoms with Crippen LogP contribution in [0.4, 0.5) is 0 Å². The van der Waals surface area contributed by atoms with E-state index >= 15 is 0 Å². The van der Waals surface area contributed by atoms with Gasteiger partial charge in [0.15, 0.2) is 11.6 Å². The minimum atomic E-state index is -1.04. The minimum absolute atomic E-state index is 0.155. The molecule has 0 bridgehead atoms. The number of carbonyl (C=O) groups excluding carboxylic acids is 3. The van der Waals surface area contributed by atoms with Gasteiger partial charge >= 0.3 is 0 Å². The van der Waals surface area contributed by atoms with Gasteiger partial charge in [-0.05, 0) is 18.4 Å². The summed E-state index contributed by atoms with van der Waals surface area (Å²) >= 11 is 7.44. The lowest BCUT2D eigenvalue weighted by Gasteiger charge is -2.24. The van der Waals surface area contributed by atoms with E-state index in [1.54, 1.807) is 6.07 Å². The maximum absolute atomic E-state index is 11.8. The summed E-state index contributed by atoms with van der Waals surface area (Å²) in [5, 5.41) is 2.44. The van der Waals surface area contributed by atoms with Crippen molar-refractivity contribution in [2.75, 3.05) is 0 Å². The number of Topliss-reactive ketones (excluding diaryl/α,β-unsaturated/α-hetero) is 3. The zero-order valence-electron chi connectivity index (χ0n) is 9.23. The second kappa shape index (κ2) is 4.70. The molecule has 0 atom stereocenters. The fourth-order valence-electron chi connectivity index (χ4n) is 2.21. The predicted molar refractivity (Wildman–Crippen MR) is 65.5 cm³/mol. The molecule has 1 aliphatic rings. The third kappa shape index (κ3) is 2.33. The molecule has 1 heterocycles. The first-order chi connectivity index (χ1) is 8.00. The average molecular weight is 271 g/mol. The molecule has 0 unspecified atom stereocenters. The van der Waals surface area contributed by atoms with Gasteiger partial charge in [0.2, 0.25) is 0 Å². The maximum Gasteiger partial charge on any atom is 0.151 e. The Balaban J connectivity index is 2.23. The molecule has 5 heteroatoms. The van der Waals surface area contributed by atoms with E-state index in [1.807, 2.05) is 5.38 Å². The van der Waals surface area contributed by atoms with Crippen LogP contribution in [0.3, 0.4) is 0 Å². The van der Waals surface area contributed by atoms with Crippen LogP contribution in [0.15, 0.2) is 11.4 Å². The molecule has 1 aliphatic carbocycles. The number of hydrogen-bond acceptors (Lipinski definition) is 4. The van der Waals surface area contributed by atoms with E-state index < -0.39 is 5.92 Å². The van der Waals surface area contributed by atoms with E-state index in [0.29, 0.717) is 5.02 Å². The zero-order chi connectivity index (χ0) is 12.6. The van der Waals surface area contributed by atoms with Gasteiger partial charge in [0, 0.05) is 23.6 Å². The van der Waals surface area contributed by atoms with Gasteiger partial charge in [0.1, 0.15) is 11.7 Å². The Kier molecular flexibility index (Phi) is 3.45. The molecule has 1 fully saturated rings. The van der Waals surface area contributed by atoms with Crippen LogP contribution in [0.1, 0.15) is 30.6 Å². The molecule has 1 aromatic heterocycles. The Hall–Kier alpha value is -1.00. The van der Waals surface area contributed by atoms with Gasteiger partial charge in [-0.25, -0.2) is 0 Å². The van der Waals surface area contributed by atoms with Gasteiger partial charge in [-0.1, -0.05) is 11.6 Å². The molecular formula is C12H11ClO3S. The number of carbonyl (C=O) groups is 3. The normalized spacial score (nSPS) is 25.1. The van der Waals surface area contributed by atoms with Crippen molar-refractivity contribution < 1.29 is 14.4 Å². The van der Waals surface area contributed by atoms with Crippen LogP contribution in [0.5, 0.6) is 0 Å². The van der Waals surface area contributed by atoms with E-state index in [-0.39, 0.29) is 36.1 Å². The first-order valence-corrected chi connectivity index (χ1v) is 6.55. The number of rotatable bonds is 2. The molecule has 0 aliphatic heterocycles. The summed E-state index contributed by atoms with van der Waals surface area (Å²) in [5.74, 6) is -2.09. The number of hydrogen-bond donors (Lipinski definition) is 0. The highest BCUT2D eigenvalue weighted by atomic mass is 35.5. The summed E-state index contributed by atoms with van der Waals surface area (Å²) in [6, 6.07) is 1.76. The van der Waals surface area contributed by atoms with E-state index in [4.69, 9.17) is 11.6 Å². The molecule has 0 radical (unpaired) electrons. The summed E-state index contributed by atoms with van der Waals surface area (Å²) in [6.45, 7) is 1.29. The molecule has 1 aromatic rings. The van der Waals surface area contributed by atoms with Gasteiger partial charge in [0.05, 0.1) is 5.02 Å². The third-order valence-electron chi connectivity index (χ3n) is 2.96. The van der Waals surface area contributed by atoms with E-state index in [0.717, 1.165) is 4.88 Å². The second-order valence-electron chi connectivity index (χ2n) is 4.21. The average Bonchev–Trinajstić information content (AvgIpc) is 2.62. The van der Waals surface area contributed by atoms with Crippen LogP contribution in [-0.2, 0) is 14.4 Å². The minimum Gasteiger partial charge on any atom is -0.299 e. The maximum atomic E-state index is 11.8. The molecule has 1 saturated carbocycles. The lowest BCUT2D eigenvalue weighted by molar-refractivity contribution is -0.141. The molecule has 17 heavy (non-hydrogen) atoms. The highest BCUT2D eigenvalue weighted by molar-refractivity contribution is 7.10. The van der Waals surface area contributed by atoms with Crippen LogP contribution in [0.2, 0.25) is 5.02 Å². The molecular weight excluding hydrogens is 260 g/mol. The Labute approximate surface area is 108 Å². The molecule has 90 valence electrons. The molecule has 0 N–H and O–H groups in total. The highest BCUT2D eigenvalue weighted by Crippen LogP contribution is 2.38. The van der Waals surface area contributed by atoms with E-state index in [9.17, 15) is 14.4 Å². The lowest BCUT2D eigenvalue weighted by Crippen LogP contribution is -2.36. The summed E-state index contributed by atoms with van der Waals surface area (Å²) in [6.07, 6.45) is 0.465. The monoisotopic (exact) mass is 270 g/mol. The van der Waals surface area contributed by atoms with Crippen molar-refractivity contribution in [3.63, 3.8) is 0 Å². The number of halogens is 1. The van der Waals surface area contributed by atoms with Crippen molar-refractivity contribution in [1.29, 1.82) is 0 Å². The summed E-state index contributed by atoms with van der Waals surface area (Å²) < 4.78 is 0. The quantitative estimate of drug-likeness (QED) is 0.776. The van der Waals surface area contributed by atoms with Gasteiger partial charge in [-0.2, -0.15) is 0 Å². The SMILES string of the molecule is CC(=O)C1C(=O)CC(c2sccc2Cl)CC1=O. The van der Waals surface area contributed by atoms with Crippen molar-refractivity contribution in [3.05, 3.63) is 21.3 Å². The van der Waals surface area contributed by atoms with Crippen LogP contribution < -0.4 is 0 Å². The van der Waals surface area contributed by atoms with E-state index in [2.05, 4.69) is 0 Å². The van der Waals surface area contributed by atoms with Gasteiger partial charge in [0.25, 0.3) is 0 Å². The molecule has 0 amide bonds. The second-order valence-corrected chi connectivity index (χ2v) is 5.57. The van der Waals surface area contributed by atoms with Crippen LogP contribution in [-0.4, -0.2) is 17.3 Å². The van der Waals surface area contributed by atoms with Crippen molar-refractivity contribution in [1.82, 2.24) is 0 Å². The molecule has 0 saturated heterocycles. The van der Waals surface area contributed by atoms with Crippen molar-refractivity contribution in [2.45, 2.75) is 25.7 Å². The Bertz CT molecular complexity index is 474. The molecule has 0 aromatic carbocycles. The van der Waals surface area contributed by atoms with Crippen molar-refractivity contribution in [2.24, 2.45) is 5.92 Å². The molecule has 0 spiro atoms. The van der Waals surface area contributed by atoms with E-state index in [1.165, 1.54) is 18.3 Å². The smallest absolute Gasteiger partial charge is 0.151 e. The largest absolute Gasteiger partial charge is 0.299 e. The fraction of sp³-hybridized carbons (Fsp3) is 0.417. The predicted octanol–water partition coefficient (Wildman–Crippen LogP) is 2.62. The lowest BCUT2D eigenvalue weighted by atomic mass is 9.78. The third-order valence-corrected chi connectivity index (χ3v) is 4.48. The van der Waals surface area contributed by atoms with Crippen LogP contribution in [0, 0.1) is 5.92 Å². The standard InChI is InChI=1S/C12H11ClO3S/c1-6(14)11-9(15)4-7(5-10(11)16)12-8(13)2-3-17-12/h2-3,7,11H,4-5H2,1H3. The van der Waals surface area contributed by atoms with Crippen LogP contribution in [0.25, 0.3) is 0 Å². The topological polar surface area (TPSA) is 51.2 Å². The summed E-state index contributed by atoms with van der Waals surface area (Å²) in [7, 11) is 0. The first kappa shape index (κ1) is 12.5. The Morgan fingerprint density at radius 1 is 1.35 bits per heavy atom. The summed E-state index contributed by atoms with van der Waals surface area (Å²) in [4.78, 5) is 35.7. The highest BCUT2D eigenvalue weighted by Gasteiger charge is 2.39. The number of ketones is 3.